The molecule has 0 unspecified atom stereocenters. The van der Waals surface area contributed by atoms with Crippen molar-refractivity contribution in [1.82, 2.24) is 9.29 Å². The molecule has 14 heavy (non-hydrogen) atoms. The van der Waals surface area contributed by atoms with Gasteiger partial charge < -0.3 is 9.29 Å². The van der Waals surface area contributed by atoms with Crippen molar-refractivity contribution < 1.29 is 0 Å². The second kappa shape index (κ2) is 3.83. The first kappa shape index (κ1) is 12.0. The van der Waals surface area contributed by atoms with E-state index in [4.69, 9.17) is 0 Å². The van der Waals surface area contributed by atoms with Gasteiger partial charge in [-0.05, 0) is 34.5 Å². The van der Waals surface area contributed by atoms with Crippen LogP contribution in [0.4, 0.5) is 0 Å². The molecule has 0 aliphatic carbocycles. The molecule has 1 rings (SSSR count). The van der Waals surface area contributed by atoms with Crippen molar-refractivity contribution in [1.29, 1.82) is 0 Å². The molecule has 0 N–H and O–H groups in total. The summed E-state index contributed by atoms with van der Waals surface area (Å²) in [5, 5.41) is 1.68. The van der Waals surface area contributed by atoms with Gasteiger partial charge in [0.2, 0.25) is 0 Å². The Kier molecular flexibility index (Phi) is 3.29. The van der Waals surface area contributed by atoms with E-state index >= 15 is 0 Å². The van der Waals surface area contributed by atoms with Crippen LogP contribution in [-0.4, -0.2) is 45.6 Å². The Morgan fingerprint density at radius 2 is 1.86 bits per heavy atom. The summed E-state index contributed by atoms with van der Waals surface area (Å²) in [6, 6.07) is 0. The van der Waals surface area contributed by atoms with Crippen LogP contribution in [0.15, 0.2) is 10.7 Å². The fourth-order valence-corrected chi connectivity index (χ4v) is 5.12. The highest BCUT2D eigenvalue weighted by molar-refractivity contribution is 6.94. The van der Waals surface area contributed by atoms with E-state index in [1.807, 2.05) is 0 Å². The Labute approximate surface area is 90.2 Å². The van der Waals surface area contributed by atoms with Gasteiger partial charge in [0.15, 0.2) is 0 Å². The van der Waals surface area contributed by atoms with Crippen LogP contribution in [0, 0.1) is 0 Å². The number of hydrogen-bond donors (Lipinski definition) is 0. The van der Waals surface area contributed by atoms with Crippen LogP contribution < -0.4 is 0 Å². The van der Waals surface area contributed by atoms with Crippen molar-refractivity contribution in [2.45, 2.75) is 33.4 Å². The van der Waals surface area contributed by atoms with Crippen LogP contribution in [0.5, 0.6) is 0 Å². The summed E-state index contributed by atoms with van der Waals surface area (Å²) in [4.78, 5) is 2.34. The predicted octanol–water partition coefficient (Wildman–Crippen LogP) is 1.99. The highest BCUT2D eigenvalue weighted by atomic mass is 28.3. The second-order valence-corrected chi connectivity index (χ2v) is 9.58. The maximum atomic E-state index is 2.60. The fourth-order valence-electron chi connectivity index (χ4n) is 2.50. The van der Waals surface area contributed by atoms with Crippen LogP contribution in [0.2, 0.25) is 13.1 Å². The molecule has 0 spiro atoms. The van der Waals surface area contributed by atoms with Gasteiger partial charge in [-0.3, -0.25) is 0 Å². The van der Waals surface area contributed by atoms with Crippen molar-refractivity contribution >= 4 is 15.2 Å². The Hall–Kier alpha value is -0.0582. The zero-order valence-electron chi connectivity index (χ0n) is 10.7. The molecule has 0 atom stereocenters. The second-order valence-electron chi connectivity index (χ2n) is 5.01. The van der Waals surface area contributed by atoms with E-state index in [1.165, 1.54) is 6.42 Å². The van der Waals surface area contributed by atoms with Crippen LogP contribution in [-0.2, 0) is 0 Å². The lowest BCUT2D eigenvalue weighted by Crippen LogP contribution is -2.55. The summed E-state index contributed by atoms with van der Waals surface area (Å²) >= 11 is 0. The van der Waals surface area contributed by atoms with Crippen molar-refractivity contribution in [2.75, 3.05) is 21.1 Å². The van der Waals surface area contributed by atoms with E-state index in [9.17, 15) is 0 Å². The van der Waals surface area contributed by atoms with Crippen LogP contribution in [0.3, 0.4) is 0 Å². The molecule has 0 fully saturated rings. The third-order valence-electron chi connectivity index (χ3n) is 3.83. The summed E-state index contributed by atoms with van der Waals surface area (Å²) < 4.78 is 2.60. The first-order valence-electron chi connectivity index (χ1n) is 5.43. The lowest BCUT2D eigenvalue weighted by atomic mass is 9.65. The van der Waals surface area contributed by atoms with Gasteiger partial charge >= 0.3 is 6.98 Å². The fraction of sp³-hybridized carbons (Fsp3) is 0.800. The molecule has 80 valence electrons. The van der Waals surface area contributed by atoms with Gasteiger partial charge in [-0.2, -0.15) is 0 Å². The Balaban J connectivity index is 3.12. The maximum Gasteiger partial charge on any atom is 0.334 e. The number of rotatable bonds is 2. The average Bonchev–Trinajstić information content (AvgIpc) is 2.26. The van der Waals surface area contributed by atoms with Gasteiger partial charge in [-0.25, -0.2) is 0 Å². The van der Waals surface area contributed by atoms with Crippen molar-refractivity contribution in [3.8, 4) is 0 Å². The minimum atomic E-state index is -1.29. The summed E-state index contributed by atoms with van der Waals surface area (Å²) in [6.07, 6.45) is 1.19. The molecule has 1 heterocycles. The minimum absolute atomic E-state index is 0.543. The Morgan fingerprint density at radius 1 is 1.36 bits per heavy atom. The molecule has 0 saturated heterocycles. The maximum absolute atomic E-state index is 2.60. The zero-order chi connectivity index (χ0) is 11.1. The first-order valence-corrected chi connectivity index (χ1v) is 8.38. The van der Waals surface area contributed by atoms with Gasteiger partial charge in [-0.15, -0.1) is 0 Å². The van der Waals surface area contributed by atoms with Crippen molar-refractivity contribution in [3.05, 3.63) is 10.7 Å². The Morgan fingerprint density at radius 3 is 2.14 bits per heavy atom. The smallest absolute Gasteiger partial charge is 0.334 e. The molecule has 0 amide bonds. The van der Waals surface area contributed by atoms with Crippen LogP contribution in [0.25, 0.3) is 0 Å². The number of allylic oxidation sites excluding steroid dienone is 2. The van der Waals surface area contributed by atoms with Gasteiger partial charge in [-0.1, -0.05) is 30.7 Å². The first-order chi connectivity index (χ1) is 6.34. The van der Waals surface area contributed by atoms with Crippen molar-refractivity contribution in [3.63, 3.8) is 0 Å². The molecule has 0 aromatic heterocycles. The van der Waals surface area contributed by atoms with Crippen LogP contribution in [0.1, 0.15) is 20.3 Å². The predicted molar refractivity (Wildman–Crippen MR) is 67.7 cm³/mol. The van der Waals surface area contributed by atoms with Gasteiger partial charge in [0.05, 0.1) is 0 Å². The summed E-state index contributed by atoms with van der Waals surface area (Å²) in [7, 11) is 5.36. The normalized spacial score (nSPS) is 22.7. The molecule has 2 nitrogen and oxygen atoms in total. The quantitative estimate of drug-likeness (QED) is 0.643. The van der Waals surface area contributed by atoms with E-state index in [1.54, 1.807) is 10.7 Å². The molecular formula is C10H23BN2Si. The molecule has 1 aliphatic heterocycles. The van der Waals surface area contributed by atoms with Gasteiger partial charge in [0.1, 0.15) is 8.24 Å². The average molecular weight is 210 g/mol. The van der Waals surface area contributed by atoms with E-state index < -0.39 is 8.24 Å². The third kappa shape index (κ3) is 1.59. The van der Waals surface area contributed by atoms with E-state index in [2.05, 4.69) is 57.4 Å². The summed E-state index contributed by atoms with van der Waals surface area (Å²) in [6.45, 7) is 10.1. The number of nitrogens with zero attached hydrogens (tertiary/aromatic N) is 2. The highest BCUT2D eigenvalue weighted by Gasteiger charge is 2.46. The van der Waals surface area contributed by atoms with Crippen LogP contribution >= 0.6 is 0 Å². The largest absolute Gasteiger partial charge is 0.346 e. The molecule has 0 aromatic carbocycles. The van der Waals surface area contributed by atoms with E-state index in [0.29, 0.717) is 6.98 Å². The Bertz CT molecular complexity index is 261. The minimum Gasteiger partial charge on any atom is -0.346 e. The SMILES string of the molecule is CCC1=C(C)[Si](C)(C)N(C)B1N(C)C. The molecular weight excluding hydrogens is 187 g/mol. The monoisotopic (exact) mass is 210 g/mol. The molecule has 0 radical (unpaired) electrons. The number of hydrogen-bond acceptors (Lipinski definition) is 2. The lowest BCUT2D eigenvalue weighted by Gasteiger charge is -2.33. The molecule has 1 aliphatic rings. The topological polar surface area (TPSA) is 6.48 Å². The summed E-state index contributed by atoms with van der Waals surface area (Å²) in [5.74, 6) is 0. The standard InChI is InChI=1S/C10H23BN2Si/c1-8-10-9(2)14(6,7)13(5)11(10)12(3)4/h8H2,1-7H3. The highest BCUT2D eigenvalue weighted by Crippen LogP contribution is 2.34. The van der Waals surface area contributed by atoms with Gasteiger partial charge in [0.25, 0.3) is 0 Å². The lowest BCUT2D eigenvalue weighted by molar-refractivity contribution is 0.580. The van der Waals surface area contributed by atoms with Crippen molar-refractivity contribution in [2.24, 2.45) is 0 Å². The molecule has 4 heteroatoms. The zero-order valence-corrected chi connectivity index (χ0v) is 11.7. The molecule has 0 saturated carbocycles. The molecule has 0 bridgehead atoms. The van der Waals surface area contributed by atoms with E-state index in [-0.39, 0.29) is 0 Å². The summed E-state index contributed by atoms with van der Waals surface area (Å²) in [5.41, 5.74) is 1.65. The molecule has 0 aromatic rings. The third-order valence-corrected chi connectivity index (χ3v) is 7.99. The van der Waals surface area contributed by atoms with Gasteiger partial charge in [0, 0.05) is 0 Å². The van der Waals surface area contributed by atoms with E-state index in [0.717, 1.165) is 0 Å².